The fourth-order valence-electron chi connectivity index (χ4n) is 1.05. The van der Waals surface area contributed by atoms with Crippen LogP contribution in [0.3, 0.4) is 0 Å². The van der Waals surface area contributed by atoms with Crippen molar-refractivity contribution in [3.05, 3.63) is 11.8 Å². The van der Waals surface area contributed by atoms with Crippen LogP contribution in [0, 0.1) is 11.3 Å². The molecule has 15 heavy (non-hydrogen) atoms. The van der Waals surface area contributed by atoms with Gasteiger partial charge in [-0.05, 0) is 6.42 Å². The van der Waals surface area contributed by atoms with Gasteiger partial charge in [0.05, 0.1) is 6.61 Å². The van der Waals surface area contributed by atoms with Crippen LogP contribution in [0.1, 0.15) is 32.6 Å². The van der Waals surface area contributed by atoms with Crippen LogP contribution in [0.5, 0.6) is 0 Å². The second kappa shape index (κ2) is 9.07. The zero-order valence-corrected chi connectivity index (χ0v) is 9.38. The van der Waals surface area contributed by atoms with Crippen molar-refractivity contribution in [1.82, 2.24) is 5.32 Å². The van der Waals surface area contributed by atoms with Crippen molar-refractivity contribution in [3.8, 4) is 6.07 Å². The molecule has 0 aliphatic heterocycles. The normalized spacial score (nSPS) is 10.6. The van der Waals surface area contributed by atoms with Gasteiger partial charge in [0, 0.05) is 13.2 Å². The highest BCUT2D eigenvalue weighted by Crippen LogP contribution is 2.01. The van der Waals surface area contributed by atoms with Crippen LogP contribution in [0.25, 0.3) is 0 Å². The third-order valence-electron chi connectivity index (χ3n) is 1.86. The fourth-order valence-corrected chi connectivity index (χ4v) is 1.05. The summed E-state index contributed by atoms with van der Waals surface area (Å²) in [6.07, 6.45) is 5.56. The minimum absolute atomic E-state index is 0.00740. The molecule has 0 unspecified atom stereocenters. The average molecular weight is 210 g/mol. The van der Waals surface area contributed by atoms with Gasteiger partial charge in [0.25, 0.3) is 0 Å². The third-order valence-corrected chi connectivity index (χ3v) is 1.86. The van der Waals surface area contributed by atoms with E-state index in [0.717, 1.165) is 25.7 Å². The highest BCUT2D eigenvalue weighted by molar-refractivity contribution is 5.92. The first kappa shape index (κ1) is 13.5. The van der Waals surface area contributed by atoms with E-state index in [1.807, 2.05) is 0 Å². The number of unbranched alkanes of at least 4 members (excludes halogenated alkanes) is 3. The predicted molar refractivity (Wildman–Crippen MR) is 57.9 cm³/mol. The molecule has 0 aromatic carbocycles. The lowest BCUT2D eigenvalue weighted by atomic mass is 10.2. The SMILES string of the molecule is CCCCCCOC(=O)/C(C#N)=C/NC. The second-order valence-electron chi connectivity index (χ2n) is 3.16. The predicted octanol–water partition coefficient (Wildman–Crippen LogP) is 1.74. The molecular weight excluding hydrogens is 192 g/mol. The van der Waals surface area contributed by atoms with Crippen molar-refractivity contribution in [3.63, 3.8) is 0 Å². The molecule has 0 amide bonds. The van der Waals surface area contributed by atoms with E-state index in [0.29, 0.717) is 6.61 Å². The molecule has 0 aliphatic carbocycles. The standard InChI is InChI=1S/C11H18N2O2/c1-3-4-5-6-7-15-11(14)10(8-12)9-13-2/h9,13H,3-7H2,1-2H3/b10-9+. The molecule has 0 saturated carbocycles. The summed E-state index contributed by atoms with van der Waals surface area (Å²) in [5.74, 6) is -0.552. The third kappa shape index (κ3) is 6.55. The zero-order chi connectivity index (χ0) is 11.5. The Morgan fingerprint density at radius 2 is 2.20 bits per heavy atom. The molecule has 0 aliphatic rings. The Labute approximate surface area is 90.9 Å². The number of hydrogen-bond donors (Lipinski definition) is 1. The van der Waals surface area contributed by atoms with Crippen LogP contribution in [-0.2, 0) is 9.53 Å². The van der Waals surface area contributed by atoms with Gasteiger partial charge in [0.2, 0.25) is 0 Å². The highest BCUT2D eigenvalue weighted by atomic mass is 16.5. The lowest BCUT2D eigenvalue weighted by Gasteiger charge is -2.03. The first-order chi connectivity index (χ1) is 7.26. The van der Waals surface area contributed by atoms with Crippen molar-refractivity contribution in [2.24, 2.45) is 0 Å². The zero-order valence-electron chi connectivity index (χ0n) is 9.38. The number of carbonyl (C=O) groups is 1. The number of nitriles is 1. The molecule has 0 aromatic rings. The van der Waals surface area contributed by atoms with Crippen molar-refractivity contribution in [2.75, 3.05) is 13.7 Å². The molecule has 0 rings (SSSR count). The fraction of sp³-hybridized carbons (Fsp3) is 0.636. The molecule has 4 heteroatoms. The molecule has 0 aromatic heterocycles. The number of nitrogens with one attached hydrogen (secondary N) is 1. The molecule has 0 heterocycles. The van der Waals surface area contributed by atoms with E-state index >= 15 is 0 Å². The lowest BCUT2D eigenvalue weighted by molar-refractivity contribution is -0.138. The summed E-state index contributed by atoms with van der Waals surface area (Å²) < 4.78 is 4.92. The smallest absolute Gasteiger partial charge is 0.350 e. The molecule has 84 valence electrons. The molecule has 0 saturated heterocycles. The first-order valence-corrected chi connectivity index (χ1v) is 5.20. The van der Waals surface area contributed by atoms with Crippen LogP contribution < -0.4 is 5.32 Å². The van der Waals surface area contributed by atoms with E-state index in [1.54, 1.807) is 13.1 Å². The van der Waals surface area contributed by atoms with Crippen LogP contribution in [0.15, 0.2) is 11.8 Å². The summed E-state index contributed by atoms with van der Waals surface area (Å²) >= 11 is 0. The molecular formula is C11H18N2O2. The molecule has 0 spiro atoms. The average Bonchev–Trinajstić information content (AvgIpc) is 2.25. The van der Waals surface area contributed by atoms with Gasteiger partial charge in [-0.25, -0.2) is 4.79 Å². The number of hydrogen-bond acceptors (Lipinski definition) is 4. The molecule has 0 atom stereocenters. The van der Waals surface area contributed by atoms with Gasteiger partial charge in [0.15, 0.2) is 5.57 Å². The highest BCUT2D eigenvalue weighted by Gasteiger charge is 2.09. The minimum atomic E-state index is -0.552. The van der Waals surface area contributed by atoms with E-state index in [9.17, 15) is 4.79 Å². The van der Waals surface area contributed by atoms with Gasteiger partial charge >= 0.3 is 5.97 Å². The summed E-state index contributed by atoms with van der Waals surface area (Å²) in [5, 5.41) is 11.2. The monoisotopic (exact) mass is 210 g/mol. The Bertz CT molecular complexity index is 254. The van der Waals surface area contributed by atoms with Crippen molar-refractivity contribution in [1.29, 1.82) is 5.26 Å². The van der Waals surface area contributed by atoms with Gasteiger partial charge in [-0.3, -0.25) is 0 Å². The van der Waals surface area contributed by atoms with Crippen LogP contribution in [-0.4, -0.2) is 19.6 Å². The van der Waals surface area contributed by atoms with Crippen LogP contribution >= 0.6 is 0 Å². The van der Waals surface area contributed by atoms with E-state index < -0.39 is 5.97 Å². The number of ether oxygens (including phenoxy) is 1. The van der Waals surface area contributed by atoms with Crippen molar-refractivity contribution in [2.45, 2.75) is 32.6 Å². The summed E-state index contributed by atoms with van der Waals surface area (Å²) in [6, 6.07) is 1.78. The maximum absolute atomic E-state index is 11.2. The Balaban J connectivity index is 3.74. The number of esters is 1. The Morgan fingerprint density at radius 1 is 1.47 bits per heavy atom. The Hall–Kier alpha value is -1.50. The van der Waals surface area contributed by atoms with Crippen molar-refractivity contribution < 1.29 is 9.53 Å². The number of rotatable bonds is 7. The van der Waals surface area contributed by atoms with E-state index in [4.69, 9.17) is 10.00 Å². The Kier molecular flexibility index (Phi) is 8.16. The van der Waals surface area contributed by atoms with Gasteiger partial charge in [-0.1, -0.05) is 26.2 Å². The van der Waals surface area contributed by atoms with E-state index in [1.165, 1.54) is 6.20 Å². The molecule has 4 nitrogen and oxygen atoms in total. The maximum Gasteiger partial charge on any atom is 0.350 e. The first-order valence-electron chi connectivity index (χ1n) is 5.20. The van der Waals surface area contributed by atoms with Crippen molar-refractivity contribution >= 4 is 5.97 Å². The summed E-state index contributed by atoms with van der Waals surface area (Å²) in [4.78, 5) is 11.2. The molecule has 0 fully saturated rings. The summed E-state index contributed by atoms with van der Waals surface area (Å²) in [6.45, 7) is 2.51. The molecule has 0 bridgehead atoms. The van der Waals surface area contributed by atoms with E-state index in [2.05, 4.69) is 12.2 Å². The van der Waals surface area contributed by atoms with Gasteiger partial charge in [-0.15, -0.1) is 0 Å². The largest absolute Gasteiger partial charge is 0.462 e. The molecule has 0 radical (unpaired) electrons. The second-order valence-corrected chi connectivity index (χ2v) is 3.16. The summed E-state index contributed by atoms with van der Waals surface area (Å²) in [7, 11) is 1.63. The quantitative estimate of drug-likeness (QED) is 0.301. The number of nitrogens with zero attached hydrogens (tertiary/aromatic N) is 1. The topological polar surface area (TPSA) is 62.1 Å². The van der Waals surface area contributed by atoms with Crippen LogP contribution in [0.4, 0.5) is 0 Å². The summed E-state index contributed by atoms with van der Waals surface area (Å²) in [5.41, 5.74) is 0.00740. The van der Waals surface area contributed by atoms with Crippen LogP contribution in [0.2, 0.25) is 0 Å². The van der Waals surface area contributed by atoms with Gasteiger partial charge < -0.3 is 10.1 Å². The lowest BCUT2D eigenvalue weighted by Crippen LogP contribution is -2.10. The van der Waals surface area contributed by atoms with Gasteiger partial charge in [0.1, 0.15) is 6.07 Å². The van der Waals surface area contributed by atoms with E-state index in [-0.39, 0.29) is 5.57 Å². The van der Waals surface area contributed by atoms with Gasteiger partial charge in [-0.2, -0.15) is 5.26 Å². The minimum Gasteiger partial charge on any atom is -0.462 e. The molecule has 1 N–H and O–H groups in total. The maximum atomic E-state index is 11.2. The Morgan fingerprint density at radius 3 is 2.73 bits per heavy atom. The number of carbonyl (C=O) groups excluding carboxylic acids is 1.